The molecule has 1 unspecified atom stereocenters. The van der Waals surface area contributed by atoms with Gasteiger partial charge < -0.3 is 5.32 Å². The lowest BCUT2D eigenvalue weighted by molar-refractivity contribution is -0.137. The van der Waals surface area contributed by atoms with Crippen molar-refractivity contribution in [3.05, 3.63) is 35.1 Å². The Labute approximate surface area is 117 Å². The summed E-state index contributed by atoms with van der Waals surface area (Å²) in [7, 11) is 1.65. The maximum atomic E-state index is 13.8. The Balaban J connectivity index is 3.08. The molecule has 1 rings (SSSR count). The Hall–Kier alpha value is -1.10. The first-order valence-corrected chi connectivity index (χ1v) is 6.87. The average Bonchev–Trinajstić information content (AvgIpc) is 2.40. The van der Waals surface area contributed by atoms with E-state index >= 15 is 0 Å². The van der Waals surface area contributed by atoms with E-state index in [4.69, 9.17) is 0 Å². The van der Waals surface area contributed by atoms with E-state index in [9.17, 15) is 17.6 Å². The molecule has 0 amide bonds. The Morgan fingerprint density at radius 2 is 1.75 bits per heavy atom. The lowest BCUT2D eigenvalue weighted by Crippen LogP contribution is -2.21. The van der Waals surface area contributed by atoms with Crippen LogP contribution >= 0.6 is 0 Å². The maximum absolute atomic E-state index is 13.8. The minimum Gasteiger partial charge on any atom is -0.313 e. The number of hydrogen-bond donors (Lipinski definition) is 1. The van der Waals surface area contributed by atoms with Crippen LogP contribution in [-0.4, -0.2) is 7.05 Å². The van der Waals surface area contributed by atoms with Crippen molar-refractivity contribution in [3.63, 3.8) is 0 Å². The molecule has 0 aliphatic rings. The highest BCUT2D eigenvalue weighted by atomic mass is 19.4. The normalized spacial score (nSPS) is 13.8. The summed E-state index contributed by atoms with van der Waals surface area (Å²) in [5.41, 5.74) is -0.715. The van der Waals surface area contributed by atoms with Crippen molar-refractivity contribution < 1.29 is 17.6 Å². The molecular formula is C15H21F4N. The Morgan fingerprint density at radius 1 is 1.15 bits per heavy atom. The van der Waals surface area contributed by atoms with E-state index in [0.29, 0.717) is 12.3 Å². The molecule has 0 spiro atoms. The van der Waals surface area contributed by atoms with E-state index < -0.39 is 23.6 Å². The molecule has 1 atom stereocenters. The molecular weight excluding hydrogens is 270 g/mol. The zero-order valence-electron chi connectivity index (χ0n) is 12.0. The molecule has 0 heterocycles. The summed E-state index contributed by atoms with van der Waals surface area (Å²) >= 11 is 0. The second-order valence-corrected chi connectivity index (χ2v) is 4.99. The third-order valence-corrected chi connectivity index (χ3v) is 3.77. The molecule has 1 nitrogen and oxygen atoms in total. The summed E-state index contributed by atoms with van der Waals surface area (Å²) in [4.78, 5) is 0. The van der Waals surface area contributed by atoms with Crippen molar-refractivity contribution in [2.45, 2.75) is 45.3 Å². The van der Waals surface area contributed by atoms with E-state index in [-0.39, 0.29) is 5.56 Å². The number of benzene rings is 1. The monoisotopic (exact) mass is 291 g/mol. The van der Waals surface area contributed by atoms with Crippen LogP contribution in [0, 0.1) is 11.7 Å². The van der Waals surface area contributed by atoms with Crippen LogP contribution in [0.15, 0.2) is 18.2 Å². The molecule has 0 aromatic heterocycles. The summed E-state index contributed by atoms with van der Waals surface area (Å²) in [6.45, 7) is 4.06. The number of hydrogen-bond acceptors (Lipinski definition) is 1. The maximum Gasteiger partial charge on any atom is 0.416 e. The summed E-state index contributed by atoms with van der Waals surface area (Å²) in [5, 5.41) is 2.93. The number of nitrogens with one attached hydrogen (secondary N) is 1. The van der Waals surface area contributed by atoms with Crippen LogP contribution < -0.4 is 5.32 Å². The average molecular weight is 291 g/mol. The van der Waals surface area contributed by atoms with Crippen molar-refractivity contribution in [2.24, 2.45) is 5.92 Å². The summed E-state index contributed by atoms with van der Waals surface area (Å²) in [6.07, 6.45) is -1.97. The van der Waals surface area contributed by atoms with Crippen LogP contribution in [0.5, 0.6) is 0 Å². The lowest BCUT2D eigenvalue weighted by atomic mass is 9.90. The molecule has 0 aliphatic carbocycles. The second-order valence-electron chi connectivity index (χ2n) is 4.99. The SMILES string of the molecule is CCC(CC)CC(NC)c1cc(C(F)(F)F)ccc1F. The molecule has 0 bridgehead atoms. The standard InChI is InChI=1S/C15H21F4N/c1-4-10(5-2)8-14(20-3)12-9-11(15(17,18)19)6-7-13(12)16/h6-7,9-10,14,20H,4-5,8H2,1-3H3. The number of rotatable bonds is 6. The van der Waals surface area contributed by atoms with Gasteiger partial charge in [-0.2, -0.15) is 13.2 Å². The zero-order chi connectivity index (χ0) is 15.3. The van der Waals surface area contributed by atoms with E-state index in [1.54, 1.807) is 7.05 Å². The highest BCUT2D eigenvalue weighted by Crippen LogP contribution is 2.33. The van der Waals surface area contributed by atoms with Gasteiger partial charge in [-0.3, -0.25) is 0 Å². The molecule has 1 aromatic carbocycles. The second kappa shape index (κ2) is 7.07. The fourth-order valence-corrected chi connectivity index (χ4v) is 2.34. The van der Waals surface area contributed by atoms with Crippen LogP contribution in [0.4, 0.5) is 17.6 Å². The van der Waals surface area contributed by atoms with Crippen LogP contribution in [0.1, 0.15) is 50.3 Å². The first-order valence-electron chi connectivity index (χ1n) is 6.87. The van der Waals surface area contributed by atoms with Gasteiger partial charge in [-0.15, -0.1) is 0 Å². The van der Waals surface area contributed by atoms with Crippen molar-refractivity contribution in [2.75, 3.05) is 7.05 Å². The zero-order valence-corrected chi connectivity index (χ0v) is 12.0. The van der Waals surface area contributed by atoms with E-state index in [1.807, 2.05) is 13.8 Å². The molecule has 114 valence electrons. The predicted molar refractivity (Wildman–Crippen MR) is 71.9 cm³/mol. The van der Waals surface area contributed by atoms with Crippen LogP contribution in [0.3, 0.4) is 0 Å². The van der Waals surface area contributed by atoms with Crippen molar-refractivity contribution in [1.29, 1.82) is 0 Å². The van der Waals surface area contributed by atoms with Gasteiger partial charge >= 0.3 is 6.18 Å². The van der Waals surface area contributed by atoms with Gasteiger partial charge in [0.2, 0.25) is 0 Å². The van der Waals surface area contributed by atoms with E-state index in [1.165, 1.54) is 0 Å². The molecule has 0 saturated carbocycles. The largest absolute Gasteiger partial charge is 0.416 e. The fourth-order valence-electron chi connectivity index (χ4n) is 2.34. The lowest BCUT2D eigenvalue weighted by Gasteiger charge is -2.23. The molecule has 20 heavy (non-hydrogen) atoms. The third kappa shape index (κ3) is 4.20. The summed E-state index contributed by atoms with van der Waals surface area (Å²) in [6, 6.07) is 2.19. The highest BCUT2D eigenvalue weighted by Gasteiger charge is 2.32. The van der Waals surface area contributed by atoms with Gasteiger partial charge in [-0.05, 0) is 37.6 Å². The van der Waals surface area contributed by atoms with Crippen molar-refractivity contribution in [3.8, 4) is 0 Å². The summed E-state index contributed by atoms with van der Waals surface area (Å²) in [5.74, 6) is -0.232. The molecule has 5 heteroatoms. The summed E-state index contributed by atoms with van der Waals surface area (Å²) < 4.78 is 52.0. The van der Waals surface area contributed by atoms with Gasteiger partial charge in [0.25, 0.3) is 0 Å². The molecule has 1 N–H and O–H groups in total. The van der Waals surface area contributed by atoms with Gasteiger partial charge in [-0.1, -0.05) is 26.7 Å². The molecule has 0 aliphatic heterocycles. The van der Waals surface area contributed by atoms with Gasteiger partial charge in [0, 0.05) is 11.6 Å². The first kappa shape index (κ1) is 17.0. The highest BCUT2D eigenvalue weighted by molar-refractivity contribution is 5.29. The first-order chi connectivity index (χ1) is 9.33. The Bertz CT molecular complexity index is 424. The number of halogens is 4. The Kier molecular flexibility index (Phi) is 5.99. The number of alkyl halides is 3. The third-order valence-electron chi connectivity index (χ3n) is 3.77. The van der Waals surface area contributed by atoms with Gasteiger partial charge in [0.05, 0.1) is 5.56 Å². The van der Waals surface area contributed by atoms with Crippen molar-refractivity contribution >= 4 is 0 Å². The molecule has 0 saturated heterocycles. The van der Waals surface area contributed by atoms with Crippen LogP contribution in [0.2, 0.25) is 0 Å². The molecule has 0 fully saturated rings. The van der Waals surface area contributed by atoms with Gasteiger partial charge in [0.15, 0.2) is 0 Å². The van der Waals surface area contributed by atoms with Crippen molar-refractivity contribution in [1.82, 2.24) is 5.32 Å². The van der Waals surface area contributed by atoms with Gasteiger partial charge in [-0.25, -0.2) is 4.39 Å². The van der Waals surface area contributed by atoms with Crippen LogP contribution in [-0.2, 0) is 6.18 Å². The van der Waals surface area contributed by atoms with Gasteiger partial charge in [0.1, 0.15) is 5.82 Å². The topological polar surface area (TPSA) is 12.0 Å². The Morgan fingerprint density at radius 3 is 2.20 bits per heavy atom. The van der Waals surface area contributed by atoms with E-state index in [2.05, 4.69) is 5.32 Å². The predicted octanol–water partition coefficient (Wildman–Crippen LogP) is 4.93. The minimum absolute atomic E-state index is 0.0919. The van der Waals surface area contributed by atoms with E-state index in [0.717, 1.165) is 31.0 Å². The molecule has 1 aromatic rings. The quantitative estimate of drug-likeness (QED) is 0.733. The van der Waals surface area contributed by atoms with Crippen LogP contribution in [0.25, 0.3) is 0 Å². The molecule has 0 radical (unpaired) electrons. The minimum atomic E-state index is -4.45. The fraction of sp³-hybridized carbons (Fsp3) is 0.600. The smallest absolute Gasteiger partial charge is 0.313 e.